The van der Waals surface area contributed by atoms with Gasteiger partial charge in [-0.25, -0.2) is 9.18 Å². The van der Waals surface area contributed by atoms with E-state index >= 15 is 0 Å². The molecule has 2 amide bonds. The quantitative estimate of drug-likeness (QED) is 0.713. The minimum atomic E-state index is -0.395. The van der Waals surface area contributed by atoms with Crippen LogP contribution in [-0.2, 0) is 0 Å². The molecule has 0 atom stereocenters. The van der Waals surface area contributed by atoms with Gasteiger partial charge in [0.2, 0.25) is 6.79 Å². The summed E-state index contributed by atoms with van der Waals surface area (Å²) in [6, 6.07) is 14.4. The number of benzene rings is 2. The molecule has 7 heteroatoms. The number of aromatic nitrogens is 1. The summed E-state index contributed by atoms with van der Waals surface area (Å²) in [5, 5.41) is 5.51. The van der Waals surface area contributed by atoms with Crippen LogP contribution in [0, 0.1) is 12.7 Å². The van der Waals surface area contributed by atoms with E-state index in [2.05, 4.69) is 15.6 Å². The number of urea groups is 1. The highest BCUT2D eigenvalue weighted by Gasteiger charge is 2.14. The van der Waals surface area contributed by atoms with Crippen molar-refractivity contribution in [2.24, 2.45) is 0 Å². The first-order chi connectivity index (χ1) is 13.1. The molecule has 3 aromatic rings. The fraction of sp³-hybridized carbons (Fsp3) is 0.100. The van der Waals surface area contributed by atoms with Crippen LogP contribution in [0.15, 0.2) is 54.6 Å². The topological polar surface area (TPSA) is 72.5 Å². The minimum absolute atomic E-state index is 0.177. The van der Waals surface area contributed by atoms with Gasteiger partial charge < -0.3 is 20.1 Å². The molecule has 0 fully saturated rings. The minimum Gasteiger partial charge on any atom is -0.454 e. The molecule has 2 N–H and O–H groups in total. The van der Waals surface area contributed by atoms with Crippen LogP contribution in [0.4, 0.5) is 20.6 Å². The zero-order valence-corrected chi connectivity index (χ0v) is 14.5. The summed E-state index contributed by atoms with van der Waals surface area (Å²) < 4.78 is 23.6. The average Bonchev–Trinajstić information content (AvgIpc) is 3.12. The van der Waals surface area contributed by atoms with Gasteiger partial charge in [0.05, 0.1) is 17.1 Å². The summed E-state index contributed by atoms with van der Waals surface area (Å²) in [5.74, 6) is 0.945. The van der Waals surface area contributed by atoms with Crippen molar-refractivity contribution >= 4 is 17.4 Å². The monoisotopic (exact) mass is 365 g/mol. The molecule has 1 aliphatic heterocycles. The molecule has 1 aliphatic rings. The summed E-state index contributed by atoms with van der Waals surface area (Å²) in [6.07, 6.45) is 0. The Morgan fingerprint density at radius 2 is 1.78 bits per heavy atom. The second kappa shape index (κ2) is 6.95. The van der Waals surface area contributed by atoms with Gasteiger partial charge in [-0.2, -0.15) is 0 Å². The molecule has 2 heterocycles. The predicted octanol–water partition coefficient (Wildman–Crippen LogP) is 4.57. The Kier molecular flexibility index (Phi) is 4.33. The molecule has 136 valence electrons. The van der Waals surface area contributed by atoms with Crippen LogP contribution >= 0.6 is 0 Å². The molecule has 0 bridgehead atoms. The second-order valence-electron chi connectivity index (χ2n) is 5.98. The second-order valence-corrected chi connectivity index (χ2v) is 5.98. The van der Waals surface area contributed by atoms with Gasteiger partial charge in [0, 0.05) is 17.3 Å². The molecule has 0 unspecified atom stereocenters. The number of aryl methyl sites for hydroxylation is 1. The molecule has 27 heavy (non-hydrogen) atoms. The molecule has 0 spiro atoms. The Morgan fingerprint density at radius 3 is 2.56 bits per heavy atom. The number of amides is 2. The largest absolute Gasteiger partial charge is 0.454 e. The Hall–Kier alpha value is -3.61. The van der Waals surface area contributed by atoms with Gasteiger partial charge in [-0.05, 0) is 55.5 Å². The van der Waals surface area contributed by atoms with Gasteiger partial charge in [-0.1, -0.05) is 0 Å². The summed E-state index contributed by atoms with van der Waals surface area (Å²) in [6.45, 7) is 1.97. The Bertz CT molecular complexity index is 1010. The van der Waals surface area contributed by atoms with Crippen molar-refractivity contribution in [3.05, 3.63) is 66.1 Å². The number of anilines is 2. The van der Waals surface area contributed by atoms with E-state index in [4.69, 9.17) is 9.47 Å². The average molecular weight is 365 g/mol. The third-order valence-electron chi connectivity index (χ3n) is 4.10. The van der Waals surface area contributed by atoms with Crippen LogP contribution in [0.1, 0.15) is 5.69 Å². The standard InChI is InChI=1S/C20H16FN3O3/c1-12-16(7-8-17(22-12)13-2-4-14(21)5-3-13)24-20(25)23-15-6-9-18-19(10-15)27-11-26-18/h2-10H,11H2,1H3,(H2,23,24,25). The van der Waals surface area contributed by atoms with E-state index in [1.54, 1.807) is 49.4 Å². The van der Waals surface area contributed by atoms with Crippen LogP contribution in [0.25, 0.3) is 11.3 Å². The molecule has 0 saturated carbocycles. The third-order valence-corrected chi connectivity index (χ3v) is 4.10. The van der Waals surface area contributed by atoms with Gasteiger partial charge in [-0.3, -0.25) is 4.98 Å². The van der Waals surface area contributed by atoms with Gasteiger partial charge >= 0.3 is 6.03 Å². The van der Waals surface area contributed by atoms with Gasteiger partial charge in [0.25, 0.3) is 0 Å². The summed E-state index contributed by atoms with van der Waals surface area (Å²) >= 11 is 0. The van der Waals surface area contributed by atoms with Crippen molar-refractivity contribution in [1.82, 2.24) is 4.98 Å². The van der Waals surface area contributed by atoms with E-state index in [-0.39, 0.29) is 12.6 Å². The molecule has 0 radical (unpaired) electrons. The van der Waals surface area contributed by atoms with Crippen molar-refractivity contribution in [2.45, 2.75) is 6.92 Å². The molecule has 1 aromatic heterocycles. The van der Waals surface area contributed by atoms with Gasteiger partial charge in [0.15, 0.2) is 11.5 Å². The molecule has 0 aliphatic carbocycles. The number of rotatable bonds is 3. The van der Waals surface area contributed by atoms with E-state index in [1.807, 2.05) is 0 Å². The van der Waals surface area contributed by atoms with Crippen LogP contribution < -0.4 is 20.1 Å². The lowest BCUT2D eigenvalue weighted by Gasteiger charge is -2.11. The molecular formula is C20H16FN3O3. The highest BCUT2D eigenvalue weighted by Crippen LogP contribution is 2.34. The molecule has 4 rings (SSSR count). The predicted molar refractivity (Wildman–Crippen MR) is 99.6 cm³/mol. The van der Waals surface area contributed by atoms with Crippen molar-refractivity contribution in [3.8, 4) is 22.8 Å². The summed E-state index contributed by atoms with van der Waals surface area (Å²) in [4.78, 5) is 16.7. The number of carbonyl (C=O) groups excluding carboxylic acids is 1. The van der Waals surface area contributed by atoms with E-state index in [9.17, 15) is 9.18 Å². The molecule has 2 aromatic carbocycles. The number of hydrogen-bond acceptors (Lipinski definition) is 4. The lowest BCUT2D eigenvalue weighted by atomic mass is 10.1. The number of halogens is 1. The van der Waals surface area contributed by atoms with Crippen LogP contribution in [-0.4, -0.2) is 17.8 Å². The maximum atomic E-state index is 13.1. The zero-order chi connectivity index (χ0) is 18.8. The van der Waals surface area contributed by atoms with E-state index < -0.39 is 6.03 Å². The third kappa shape index (κ3) is 3.67. The highest BCUT2D eigenvalue weighted by molar-refractivity contribution is 6.00. The van der Waals surface area contributed by atoms with E-state index in [0.717, 1.165) is 5.56 Å². The number of nitrogens with one attached hydrogen (secondary N) is 2. The molecule has 6 nitrogen and oxygen atoms in total. The maximum Gasteiger partial charge on any atom is 0.323 e. The first-order valence-electron chi connectivity index (χ1n) is 8.30. The van der Waals surface area contributed by atoms with E-state index in [0.29, 0.717) is 34.3 Å². The Morgan fingerprint density at radius 1 is 1.00 bits per heavy atom. The van der Waals surface area contributed by atoms with Crippen molar-refractivity contribution in [1.29, 1.82) is 0 Å². The number of carbonyl (C=O) groups is 1. The van der Waals surface area contributed by atoms with Gasteiger partial charge in [-0.15, -0.1) is 0 Å². The first kappa shape index (κ1) is 16.8. The lowest BCUT2D eigenvalue weighted by Crippen LogP contribution is -2.20. The van der Waals surface area contributed by atoms with E-state index in [1.165, 1.54) is 12.1 Å². The normalized spacial score (nSPS) is 11.9. The van der Waals surface area contributed by atoms with Gasteiger partial charge in [0.1, 0.15) is 5.82 Å². The number of nitrogens with zero attached hydrogens (tertiary/aromatic N) is 1. The van der Waals surface area contributed by atoms with Crippen LogP contribution in [0.2, 0.25) is 0 Å². The summed E-state index contributed by atoms with van der Waals surface area (Å²) in [5.41, 5.74) is 3.33. The Balaban J connectivity index is 1.46. The van der Waals surface area contributed by atoms with Crippen LogP contribution in [0.3, 0.4) is 0 Å². The molecule has 0 saturated heterocycles. The number of ether oxygens (including phenoxy) is 2. The van der Waals surface area contributed by atoms with Crippen LogP contribution in [0.5, 0.6) is 11.5 Å². The fourth-order valence-electron chi connectivity index (χ4n) is 2.73. The smallest absolute Gasteiger partial charge is 0.323 e. The number of pyridine rings is 1. The maximum absolute atomic E-state index is 13.1. The SMILES string of the molecule is Cc1nc(-c2ccc(F)cc2)ccc1NC(=O)Nc1ccc2c(c1)OCO2. The first-order valence-corrected chi connectivity index (χ1v) is 8.30. The van der Waals surface area contributed by atoms with Crippen molar-refractivity contribution in [2.75, 3.05) is 17.4 Å². The zero-order valence-electron chi connectivity index (χ0n) is 14.5. The fourth-order valence-corrected chi connectivity index (χ4v) is 2.73. The summed E-state index contributed by atoms with van der Waals surface area (Å²) in [7, 11) is 0. The molecular weight excluding hydrogens is 349 g/mol. The van der Waals surface area contributed by atoms with Crippen molar-refractivity contribution < 1.29 is 18.7 Å². The number of fused-ring (bicyclic) bond motifs is 1. The highest BCUT2D eigenvalue weighted by atomic mass is 19.1. The van der Waals surface area contributed by atoms with Crippen molar-refractivity contribution in [3.63, 3.8) is 0 Å². The Labute approximate surface area is 155 Å². The lowest BCUT2D eigenvalue weighted by molar-refractivity contribution is 0.174. The number of hydrogen-bond donors (Lipinski definition) is 2.